The summed E-state index contributed by atoms with van der Waals surface area (Å²) in [5, 5.41) is 0. The maximum absolute atomic E-state index is 2.40. The van der Waals surface area contributed by atoms with Gasteiger partial charge in [0.15, 0.2) is 0 Å². The molecule has 0 atom stereocenters. The molecule has 0 bridgehead atoms. The predicted octanol–water partition coefficient (Wildman–Crippen LogP) is 6.45. The van der Waals surface area contributed by atoms with Crippen LogP contribution in [-0.2, 0) is 0 Å². The van der Waals surface area contributed by atoms with Gasteiger partial charge in [-0.2, -0.15) is 0 Å². The van der Waals surface area contributed by atoms with E-state index in [1.54, 1.807) is 24.6 Å². The molecule has 0 aliphatic rings. The standard InChI is InChI=1S/C17H38P/c1-6-9-13-18(14-10-7-2,15-11-8-3)16-12-17(4)5/h17H,6-16H2,1-5H3/q+1. The van der Waals surface area contributed by atoms with Crippen LogP contribution in [0.2, 0.25) is 0 Å². The highest BCUT2D eigenvalue weighted by Gasteiger charge is 2.34. The first kappa shape index (κ1) is 18.4. The molecular weight excluding hydrogens is 235 g/mol. The zero-order valence-corrected chi connectivity index (χ0v) is 14.7. The van der Waals surface area contributed by atoms with Gasteiger partial charge < -0.3 is 0 Å². The van der Waals surface area contributed by atoms with Crippen LogP contribution in [0.5, 0.6) is 0 Å². The molecule has 0 aromatic heterocycles. The van der Waals surface area contributed by atoms with Crippen LogP contribution in [0.15, 0.2) is 0 Å². The molecule has 0 fully saturated rings. The molecule has 0 nitrogen and oxygen atoms in total. The zero-order chi connectivity index (χ0) is 13.9. The molecule has 0 radical (unpaired) electrons. The Morgan fingerprint density at radius 2 is 1.06 bits per heavy atom. The van der Waals surface area contributed by atoms with E-state index in [2.05, 4.69) is 34.6 Å². The maximum atomic E-state index is 2.40. The van der Waals surface area contributed by atoms with Crippen LogP contribution in [0.1, 0.15) is 79.6 Å². The average Bonchev–Trinajstić information content (AvgIpc) is 2.37. The molecule has 0 saturated carbocycles. The van der Waals surface area contributed by atoms with Gasteiger partial charge in [0.05, 0.1) is 24.6 Å². The summed E-state index contributed by atoms with van der Waals surface area (Å²) in [4.78, 5) is 0. The fourth-order valence-corrected chi connectivity index (χ4v) is 8.05. The van der Waals surface area contributed by atoms with Gasteiger partial charge in [-0.15, -0.1) is 0 Å². The van der Waals surface area contributed by atoms with Crippen LogP contribution in [-0.4, -0.2) is 24.6 Å². The van der Waals surface area contributed by atoms with E-state index in [4.69, 9.17) is 0 Å². The Balaban J connectivity index is 4.51. The SMILES string of the molecule is CCCC[P+](CCCC)(CCCC)CCC(C)C. The molecule has 0 aliphatic carbocycles. The summed E-state index contributed by atoms with van der Waals surface area (Å²) in [6.45, 7) is 11.9. The van der Waals surface area contributed by atoms with Crippen molar-refractivity contribution in [2.24, 2.45) is 5.92 Å². The van der Waals surface area contributed by atoms with Gasteiger partial charge in [-0.05, 0) is 31.6 Å². The first-order valence-corrected chi connectivity index (χ1v) is 11.0. The van der Waals surface area contributed by atoms with Crippen LogP contribution in [0.4, 0.5) is 0 Å². The first-order chi connectivity index (χ1) is 8.60. The smallest absolute Gasteiger partial charge is 0.0596 e. The van der Waals surface area contributed by atoms with Gasteiger partial charge in [0.2, 0.25) is 0 Å². The largest absolute Gasteiger partial charge is 0.0652 e. The second-order valence-corrected chi connectivity index (χ2v) is 11.0. The van der Waals surface area contributed by atoms with Crippen molar-refractivity contribution in [2.45, 2.75) is 79.6 Å². The van der Waals surface area contributed by atoms with Crippen molar-refractivity contribution in [1.29, 1.82) is 0 Å². The summed E-state index contributed by atoms with van der Waals surface area (Å²) in [6.07, 6.45) is 16.5. The first-order valence-electron chi connectivity index (χ1n) is 8.45. The van der Waals surface area contributed by atoms with Gasteiger partial charge in [0.25, 0.3) is 0 Å². The zero-order valence-electron chi connectivity index (χ0n) is 13.8. The molecule has 0 N–H and O–H groups in total. The minimum absolute atomic E-state index is 0.600. The van der Waals surface area contributed by atoms with Crippen molar-refractivity contribution in [3.8, 4) is 0 Å². The molecule has 0 rings (SSSR count). The molecule has 0 unspecified atom stereocenters. The van der Waals surface area contributed by atoms with Crippen LogP contribution in [0, 0.1) is 5.92 Å². The Morgan fingerprint density at radius 1 is 0.667 bits per heavy atom. The third-order valence-corrected chi connectivity index (χ3v) is 9.14. The summed E-state index contributed by atoms with van der Waals surface area (Å²) >= 11 is 0. The van der Waals surface area contributed by atoms with E-state index in [0.717, 1.165) is 5.92 Å². The van der Waals surface area contributed by atoms with Crippen molar-refractivity contribution in [3.05, 3.63) is 0 Å². The van der Waals surface area contributed by atoms with Crippen molar-refractivity contribution in [3.63, 3.8) is 0 Å². The van der Waals surface area contributed by atoms with E-state index in [1.807, 2.05) is 0 Å². The Hall–Kier alpha value is 0.430. The highest BCUT2D eigenvalue weighted by atomic mass is 31.2. The molecule has 0 aliphatic heterocycles. The lowest BCUT2D eigenvalue weighted by Crippen LogP contribution is -2.14. The van der Waals surface area contributed by atoms with E-state index in [0.29, 0.717) is 0 Å². The van der Waals surface area contributed by atoms with Crippen molar-refractivity contribution >= 4 is 7.26 Å². The van der Waals surface area contributed by atoms with Crippen molar-refractivity contribution < 1.29 is 0 Å². The Bertz CT molecular complexity index is 153. The van der Waals surface area contributed by atoms with Gasteiger partial charge in [-0.1, -0.05) is 53.9 Å². The molecule has 18 heavy (non-hydrogen) atoms. The molecule has 0 heterocycles. The average molecular weight is 273 g/mol. The topological polar surface area (TPSA) is 0 Å². The van der Waals surface area contributed by atoms with Crippen LogP contribution in [0.25, 0.3) is 0 Å². The molecule has 0 aromatic rings. The summed E-state index contributed by atoms with van der Waals surface area (Å²) in [7, 11) is -0.600. The maximum Gasteiger partial charge on any atom is 0.0596 e. The second kappa shape index (κ2) is 11.3. The summed E-state index contributed by atoms with van der Waals surface area (Å²) < 4.78 is 0. The number of unbranched alkanes of at least 4 members (excludes halogenated alkanes) is 3. The molecular formula is C17H38P+. The normalized spacial score (nSPS) is 12.3. The fourth-order valence-electron chi connectivity index (χ4n) is 2.68. The third-order valence-electron chi connectivity index (χ3n) is 4.14. The highest BCUT2D eigenvalue weighted by molar-refractivity contribution is 7.75. The predicted molar refractivity (Wildman–Crippen MR) is 90.6 cm³/mol. The van der Waals surface area contributed by atoms with E-state index in [-0.39, 0.29) is 0 Å². The molecule has 0 aromatic carbocycles. The molecule has 1 heteroatoms. The van der Waals surface area contributed by atoms with E-state index in [1.165, 1.54) is 44.9 Å². The van der Waals surface area contributed by atoms with E-state index in [9.17, 15) is 0 Å². The summed E-state index contributed by atoms with van der Waals surface area (Å²) in [5.41, 5.74) is 0. The van der Waals surface area contributed by atoms with Crippen LogP contribution >= 0.6 is 7.26 Å². The van der Waals surface area contributed by atoms with Gasteiger partial charge in [-0.25, -0.2) is 0 Å². The second-order valence-electron chi connectivity index (χ2n) is 6.48. The Morgan fingerprint density at radius 3 is 1.33 bits per heavy atom. The number of rotatable bonds is 12. The Labute approximate surface area is 118 Å². The van der Waals surface area contributed by atoms with Crippen LogP contribution in [0.3, 0.4) is 0 Å². The summed E-state index contributed by atoms with van der Waals surface area (Å²) in [5.74, 6) is 0.897. The lowest BCUT2D eigenvalue weighted by atomic mass is 10.2. The van der Waals surface area contributed by atoms with Gasteiger partial charge in [0.1, 0.15) is 0 Å². The minimum atomic E-state index is -0.600. The lowest BCUT2D eigenvalue weighted by molar-refractivity contribution is 0.625. The minimum Gasteiger partial charge on any atom is -0.0652 e. The number of hydrogen-bond donors (Lipinski definition) is 0. The monoisotopic (exact) mass is 273 g/mol. The van der Waals surface area contributed by atoms with Crippen molar-refractivity contribution in [1.82, 2.24) is 0 Å². The molecule has 0 saturated heterocycles. The fraction of sp³-hybridized carbons (Fsp3) is 1.00. The van der Waals surface area contributed by atoms with Gasteiger partial charge in [0, 0.05) is 7.26 Å². The van der Waals surface area contributed by atoms with E-state index < -0.39 is 7.26 Å². The lowest BCUT2D eigenvalue weighted by Gasteiger charge is -2.28. The number of hydrogen-bond acceptors (Lipinski definition) is 0. The highest BCUT2D eigenvalue weighted by Crippen LogP contribution is 2.61. The third kappa shape index (κ3) is 8.52. The van der Waals surface area contributed by atoms with Crippen molar-refractivity contribution in [2.75, 3.05) is 24.6 Å². The molecule has 0 spiro atoms. The van der Waals surface area contributed by atoms with Gasteiger partial charge in [-0.3, -0.25) is 0 Å². The summed E-state index contributed by atoms with van der Waals surface area (Å²) in [6, 6.07) is 0. The van der Waals surface area contributed by atoms with Gasteiger partial charge >= 0.3 is 0 Å². The Kier molecular flexibility index (Phi) is 11.5. The molecule has 0 amide bonds. The quantitative estimate of drug-likeness (QED) is 0.358. The molecule has 110 valence electrons. The van der Waals surface area contributed by atoms with Crippen LogP contribution < -0.4 is 0 Å². The van der Waals surface area contributed by atoms with E-state index >= 15 is 0 Å².